The molecule has 0 aliphatic heterocycles. The van der Waals surface area contributed by atoms with Gasteiger partial charge in [-0.25, -0.2) is 0 Å². The van der Waals surface area contributed by atoms with Crippen molar-refractivity contribution < 1.29 is 9.72 Å². The van der Waals surface area contributed by atoms with E-state index in [1.807, 2.05) is 12.1 Å². The molecule has 0 saturated carbocycles. The second kappa shape index (κ2) is 6.50. The summed E-state index contributed by atoms with van der Waals surface area (Å²) < 4.78 is 0.833. The van der Waals surface area contributed by atoms with Crippen LogP contribution in [-0.2, 0) is 0 Å². The summed E-state index contributed by atoms with van der Waals surface area (Å²) >= 11 is 2.07. The molecule has 0 aromatic heterocycles. The number of amides is 1. The fourth-order valence-electron chi connectivity index (χ4n) is 1.79. The van der Waals surface area contributed by atoms with Crippen LogP contribution in [0.5, 0.6) is 0 Å². The molecule has 1 amide bonds. The van der Waals surface area contributed by atoms with Crippen LogP contribution in [0.4, 0.5) is 17.1 Å². The molecule has 2 aromatic carbocycles. The van der Waals surface area contributed by atoms with E-state index in [2.05, 4.69) is 33.3 Å². The van der Waals surface area contributed by atoms with Gasteiger partial charge in [-0.1, -0.05) is 18.2 Å². The number of hydrogen-bond acceptors (Lipinski definition) is 5. The summed E-state index contributed by atoms with van der Waals surface area (Å²) in [6.07, 6.45) is 0. The van der Waals surface area contributed by atoms with Gasteiger partial charge in [0.25, 0.3) is 5.91 Å². The highest BCUT2D eigenvalue weighted by Crippen LogP contribution is 2.29. The Kier molecular flexibility index (Phi) is 4.70. The van der Waals surface area contributed by atoms with Gasteiger partial charge < -0.3 is 10.7 Å². The van der Waals surface area contributed by atoms with Gasteiger partial charge in [-0.15, -0.1) is 0 Å². The van der Waals surface area contributed by atoms with E-state index in [-0.39, 0.29) is 16.9 Å². The van der Waals surface area contributed by atoms with Crippen LogP contribution < -0.4 is 16.6 Å². The van der Waals surface area contributed by atoms with Crippen LogP contribution in [0, 0.1) is 13.7 Å². The van der Waals surface area contributed by atoms with E-state index < -0.39 is 10.8 Å². The van der Waals surface area contributed by atoms with Crippen molar-refractivity contribution in [1.29, 1.82) is 0 Å². The molecule has 2 aromatic rings. The molecular weight excluding hydrogens is 387 g/mol. The van der Waals surface area contributed by atoms with E-state index in [0.717, 1.165) is 3.57 Å². The predicted octanol–water partition coefficient (Wildman–Crippen LogP) is 2.74. The molecule has 4 N–H and O–H groups in total. The van der Waals surface area contributed by atoms with Crippen LogP contribution in [0.25, 0.3) is 0 Å². The van der Waals surface area contributed by atoms with Crippen molar-refractivity contribution in [2.24, 2.45) is 5.84 Å². The topological polar surface area (TPSA) is 110 Å². The fraction of sp³-hybridized carbons (Fsp3) is 0. The number of halogens is 1. The van der Waals surface area contributed by atoms with E-state index in [9.17, 15) is 14.9 Å². The second-order valence-corrected chi connectivity index (χ2v) is 5.20. The number of carbonyl (C=O) groups excluding carboxylic acids is 1. The molecule has 0 aliphatic rings. The third-order valence-electron chi connectivity index (χ3n) is 2.74. The molecule has 0 saturated heterocycles. The summed E-state index contributed by atoms with van der Waals surface area (Å²) in [6, 6.07) is 11.5. The number of nitrogens with two attached hydrogens (primary N) is 1. The SMILES string of the molecule is NNc1cccc(C(=O)Nc2ccccc2I)c1[N+](=O)[O-]. The number of benzene rings is 2. The summed E-state index contributed by atoms with van der Waals surface area (Å²) in [5, 5.41) is 13.8. The van der Waals surface area contributed by atoms with Gasteiger partial charge in [-0.2, -0.15) is 0 Å². The number of nitrogen functional groups attached to an aromatic ring is 1. The Balaban J connectivity index is 2.40. The first-order chi connectivity index (χ1) is 10.0. The lowest BCUT2D eigenvalue weighted by Crippen LogP contribution is -2.17. The first-order valence-electron chi connectivity index (χ1n) is 5.84. The van der Waals surface area contributed by atoms with Crippen LogP contribution in [0.15, 0.2) is 42.5 Å². The molecule has 0 aliphatic carbocycles. The Morgan fingerprint density at radius 3 is 2.43 bits per heavy atom. The number of hydrogen-bond donors (Lipinski definition) is 3. The lowest BCUT2D eigenvalue weighted by Gasteiger charge is -2.09. The molecular formula is C13H11IN4O3. The van der Waals surface area contributed by atoms with Gasteiger partial charge in [0.1, 0.15) is 11.3 Å². The van der Waals surface area contributed by atoms with Crippen LogP contribution >= 0.6 is 22.6 Å². The van der Waals surface area contributed by atoms with Gasteiger partial charge in [0, 0.05) is 3.57 Å². The van der Waals surface area contributed by atoms with Crippen LogP contribution in [0.3, 0.4) is 0 Å². The largest absolute Gasteiger partial charge is 0.321 e. The summed E-state index contributed by atoms with van der Waals surface area (Å²) in [4.78, 5) is 22.8. The monoisotopic (exact) mass is 398 g/mol. The van der Waals surface area contributed by atoms with Crippen molar-refractivity contribution in [2.45, 2.75) is 0 Å². The molecule has 0 fully saturated rings. The van der Waals surface area contributed by atoms with Crippen LogP contribution in [0.2, 0.25) is 0 Å². The zero-order valence-electron chi connectivity index (χ0n) is 10.7. The van der Waals surface area contributed by atoms with Crippen molar-refractivity contribution in [3.63, 3.8) is 0 Å². The second-order valence-electron chi connectivity index (χ2n) is 4.04. The Labute approximate surface area is 133 Å². The highest BCUT2D eigenvalue weighted by atomic mass is 127. The van der Waals surface area contributed by atoms with Crippen molar-refractivity contribution in [2.75, 3.05) is 10.7 Å². The molecule has 0 radical (unpaired) electrons. The number of nitro groups is 1. The number of nitro benzene ring substituents is 1. The van der Waals surface area contributed by atoms with E-state index in [1.165, 1.54) is 18.2 Å². The van der Waals surface area contributed by atoms with Crippen LogP contribution in [0.1, 0.15) is 10.4 Å². The highest BCUT2D eigenvalue weighted by molar-refractivity contribution is 14.1. The Morgan fingerprint density at radius 1 is 1.14 bits per heavy atom. The minimum absolute atomic E-state index is 0.0601. The third-order valence-corrected chi connectivity index (χ3v) is 3.68. The van der Waals surface area contributed by atoms with E-state index >= 15 is 0 Å². The van der Waals surface area contributed by atoms with Gasteiger partial charge in [0.05, 0.1) is 10.6 Å². The number of nitrogens with one attached hydrogen (secondary N) is 2. The van der Waals surface area contributed by atoms with Crippen LogP contribution in [-0.4, -0.2) is 10.8 Å². The smallest absolute Gasteiger partial charge is 0.306 e. The molecule has 0 spiro atoms. The Hall–Kier alpha value is -2.20. The van der Waals surface area contributed by atoms with Gasteiger partial charge in [0.15, 0.2) is 0 Å². The molecule has 21 heavy (non-hydrogen) atoms. The first kappa shape index (κ1) is 15.2. The number of carbonyl (C=O) groups is 1. The minimum Gasteiger partial charge on any atom is -0.321 e. The molecule has 8 heteroatoms. The van der Waals surface area contributed by atoms with Gasteiger partial charge in [-0.05, 0) is 46.9 Å². The normalized spacial score (nSPS) is 10.0. The highest BCUT2D eigenvalue weighted by Gasteiger charge is 2.24. The number of anilines is 2. The average molecular weight is 398 g/mol. The maximum Gasteiger partial charge on any atom is 0.306 e. The quantitative estimate of drug-likeness (QED) is 0.318. The lowest BCUT2D eigenvalue weighted by molar-refractivity contribution is -0.384. The molecule has 2 rings (SSSR count). The number of para-hydroxylation sites is 2. The number of nitrogens with zero attached hydrogens (tertiary/aromatic N) is 1. The maximum absolute atomic E-state index is 12.3. The van der Waals surface area contributed by atoms with E-state index in [1.54, 1.807) is 12.1 Å². The predicted molar refractivity (Wildman–Crippen MR) is 88.0 cm³/mol. The molecule has 7 nitrogen and oxygen atoms in total. The number of rotatable bonds is 4. The summed E-state index contributed by atoms with van der Waals surface area (Å²) in [5.41, 5.74) is 2.47. The van der Waals surface area contributed by atoms with Gasteiger partial charge >= 0.3 is 5.69 Å². The molecule has 108 valence electrons. The van der Waals surface area contributed by atoms with Crippen molar-refractivity contribution >= 4 is 45.6 Å². The van der Waals surface area contributed by atoms with E-state index in [0.29, 0.717) is 5.69 Å². The van der Waals surface area contributed by atoms with Crippen molar-refractivity contribution in [3.8, 4) is 0 Å². The Morgan fingerprint density at radius 2 is 1.81 bits per heavy atom. The summed E-state index contributed by atoms with van der Waals surface area (Å²) in [5.74, 6) is 4.68. The van der Waals surface area contributed by atoms with E-state index in [4.69, 9.17) is 5.84 Å². The number of hydrazine groups is 1. The summed E-state index contributed by atoms with van der Waals surface area (Å²) in [7, 11) is 0. The molecule has 0 unspecified atom stereocenters. The maximum atomic E-state index is 12.3. The van der Waals surface area contributed by atoms with Crippen molar-refractivity contribution in [3.05, 3.63) is 61.7 Å². The Bertz CT molecular complexity index is 706. The summed E-state index contributed by atoms with van der Waals surface area (Å²) in [6.45, 7) is 0. The standard InChI is InChI=1S/C13H11IN4O3/c14-9-5-1-2-6-10(9)16-13(19)8-4-3-7-11(17-15)12(8)18(20)21/h1-7,17H,15H2,(H,16,19). The first-order valence-corrected chi connectivity index (χ1v) is 6.92. The fourth-order valence-corrected chi connectivity index (χ4v) is 2.31. The van der Waals surface area contributed by atoms with Gasteiger partial charge in [-0.3, -0.25) is 20.8 Å². The van der Waals surface area contributed by atoms with Gasteiger partial charge in [0.2, 0.25) is 0 Å². The van der Waals surface area contributed by atoms with Crippen molar-refractivity contribution in [1.82, 2.24) is 0 Å². The average Bonchev–Trinajstić information content (AvgIpc) is 2.48. The zero-order chi connectivity index (χ0) is 15.4. The minimum atomic E-state index is -0.639. The zero-order valence-corrected chi connectivity index (χ0v) is 12.8. The molecule has 0 bridgehead atoms. The third kappa shape index (κ3) is 3.28. The molecule has 0 atom stereocenters. The molecule has 0 heterocycles. The lowest BCUT2D eigenvalue weighted by atomic mass is 10.1.